The molecule has 0 bridgehead atoms. The number of pyridine rings is 1. The summed E-state index contributed by atoms with van der Waals surface area (Å²) in [4.78, 5) is 25.2. The third-order valence-corrected chi connectivity index (χ3v) is 8.38. The van der Waals surface area contributed by atoms with Crippen molar-refractivity contribution in [2.75, 3.05) is 50.0 Å². The van der Waals surface area contributed by atoms with Crippen LogP contribution >= 0.6 is 0 Å². The van der Waals surface area contributed by atoms with Gasteiger partial charge in [0.05, 0.1) is 35.5 Å². The molecule has 5 heterocycles. The van der Waals surface area contributed by atoms with Crippen molar-refractivity contribution in [2.24, 2.45) is 0 Å². The van der Waals surface area contributed by atoms with Gasteiger partial charge < -0.3 is 30.0 Å². The van der Waals surface area contributed by atoms with Gasteiger partial charge in [0.1, 0.15) is 17.2 Å². The summed E-state index contributed by atoms with van der Waals surface area (Å²) < 4.78 is 52.6. The van der Waals surface area contributed by atoms with Crippen LogP contribution in [0.1, 0.15) is 55.1 Å². The number of hydrogen-bond acceptors (Lipinski definition) is 7. The van der Waals surface area contributed by atoms with Gasteiger partial charge in [0, 0.05) is 74.3 Å². The maximum atomic E-state index is 13.7. The number of rotatable bonds is 6. The first-order valence-electron chi connectivity index (χ1n) is 14.7. The van der Waals surface area contributed by atoms with Gasteiger partial charge in [-0.05, 0) is 45.7 Å². The minimum absolute atomic E-state index is 0.00117. The van der Waals surface area contributed by atoms with Crippen LogP contribution in [0, 0.1) is 0 Å². The first-order chi connectivity index (χ1) is 20.1. The first-order valence-corrected chi connectivity index (χ1v) is 14.7. The number of aromatic amines is 1. The number of carbonyl (C=O) groups excluding carboxylic acids is 1. The fourth-order valence-electron chi connectivity index (χ4n) is 6.61. The average molecular weight is 587 g/mol. The minimum Gasteiger partial charge on any atom is -0.491 e. The number of halogens is 3. The molecule has 2 fully saturated rings. The molecule has 226 valence electrons. The molecule has 3 aromatic rings. The van der Waals surface area contributed by atoms with E-state index >= 15 is 0 Å². The number of anilines is 3. The number of fused-ring (bicyclic) bond motifs is 2. The highest BCUT2D eigenvalue weighted by atomic mass is 19.4. The van der Waals surface area contributed by atoms with Gasteiger partial charge in [-0.1, -0.05) is 0 Å². The molecule has 0 radical (unpaired) electrons. The SMILES string of the molecule is CCNc1cc(Nc2ccc(C(=O)N3CCC(N4C[C@@H](C)O[C@@H](C)C4)CC3)c3c2OCC3)nc2[nH]cc(C(F)(F)F)c12. The quantitative estimate of drug-likeness (QED) is 0.356. The highest BCUT2D eigenvalue weighted by Crippen LogP contribution is 2.41. The Kier molecular flexibility index (Phi) is 7.69. The van der Waals surface area contributed by atoms with Crippen LogP contribution in [0.4, 0.5) is 30.4 Å². The number of nitrogens with one attached hydrogen (secondary N) is 3. The number of H-pyrrole nitrogens is 1. The van der Waals surface area contributed by atoms with Crippen LogP contribution in [0.2, 0.25) is 0 Å². The van der Waals surface area contributed by atoms with E-state index in [1.165, 1.54) is 0 Å². The van der Waals surface area contributed by atoms with Crippen molar-refractivity contribution in [3.05, 3.63) is 41.1 Å². The zero-order valence-electron chi connectivity index (χ0n) is 24.1. The van der Waals surface area contributed by atoms with Gasteiger partial charge in [0.15, 0.2) is 0 Å². The molecule has 1 amide bonds. The molecular formula is C30H37F3N6O3. The lowest BCUT2D eigenvalue weighted by molar-refractivity contribution is -0.136. The summed E-state index contributed by atoms with van der Waals surface area (Å²) in [6.07, 6.45) is -0.669. The Morgan fingerprint density at radius 1 is 1.14 bits per heavy atom. The topological polar surface area (TPSA) is 94.8 Å². The molecule has 12 heteroatoms. The van der Waals surface area contributed by atoms with Gasteiger partial charge in [-0.15, -0.1) is 0 Å². The number of amides is 1. The van der Waals surface area contributed by atoms with Crippen LogP contribution in [-0.4, -0.2) is 83.3 Å². The van der Waals surface area contributed by atoms with E-state index in [0.29, 0.717) is 67.2 Å². The largest absolute Gasteiger partial charge is 0.491 e. The van der Waals surface area contributed by atoms with Crippen LogP contribution in [0.3, 0.4) is 0 Å². The van der Waals surface area contributed by atoms with E-state index in [4.69, 9.17) is 9.47 Å². The monoisotopic (exact) mass is 586 g/mol. The summed E-state index contributed by atoms with van der Waals surface area (Å²) in [5, 5.41) is 6.24. The maximum Gasteiger partial charge on any atom is 0.418 e. The molecule has 9 nitrogen and oxygen atoms in total. The van der Waals surface area contributed by atoms with E-state index in [1.54, 1.807) is 12.1 Å². The highest BCUT2D eigenvalue weighted by Gasteiger charge is 2.36. The summed E-state index contributed by atoms with van der Waals surface area (Å²) in [6.45, 7) is 10.2. The second kappa shape index (κ2) is 11.3. The third-order valence-electron chi connectivity index (χ3n) is 8.38. The maximum absolute atomic E-state index is 13.7. The lowest BCUT2D eigenvalue weighted by Gasteiger charge is -2.43. The lowest BCUT2D eigenvalue weighted by atomic mass is 9.98. The number of aromatic nitrogens is 2. The number of morpholine rings is 1. The molecular weight excluding hydrogens is 549 g/mol. The summed E-state index contributed by atoms with van der Waals surface area (Å²) in [6, 6.07) is 5.62. The van der Waals surface area contributed by atoms with Crippen LogP contribution in [0.25, 0.3) is 11.0 Å². The van der Waals surface area contributed by atoms with Gasteiger partial charge >= 0.3 is 6.18 Å². The van der Waals surface area contributed by atoms with Gasteiger partial charge in [-0.3, -0.25) is 9.69 Å². The molecule has 1 aromatic carbocycles. The van der Waals surface area contributed by atoms with Crippen molar-refractivity contribution in [3.63, 3.8) is 0 Å². The number of benzene rings is 1. The molecule has 3 aliphatic rings. The molecule has 3 aliphatic heterocycles. The summed E-state index contributed by atoms with van der Waals surface area (Å²) in [5.41, 5.74) is 1.78. The Labute approximate surface area is 242 Å². The Bertz CT molecular complexity index is 1460. The summed E-state index contributed by atoms with van der Waals surface area (Å²) in [7, 11) is 0. The molecule has 2 saturated heterocycles. The fourth-order valence-corrected chi connectivity index (χ4v) is 6.61. The zero-order chi connectivity index (χ0) is 29.6. The number of carbonyl (C=O) groups is 1. The predicted octanol–water partition coefficient (Wildman–Crippen LogP) is 5.41. The van der Waals surface area contributed by atoms with Crippen molar-refractivity contribution in [2.45, 2.75) is 64.5 Å². The minimum atomic E-state index is -4.51. The molecule has 0 unspecified atom stereocenters. The molecule has 42 heavy (non-hydrogen) atoms. The first kappa shape index (κ1) is 28.6. The molecule has 0 saturated carbocycles. The Morgan fingerprint density at radius 2 is 1.88 bits per heavy atom. The number of ether oxygens (including phenoxy) is 2. The standard InChI is InChI=1S/C30H37F3N6O3/c1-4-34-24-13-25(37-28-26(24)22(14-35-28)30(31,32)33)36-23-6-5-21(20-9-12-41-27(20)23)29(40)38-10-7-19(8-11-38)39-15-17(2)42-18(3)16-39/h5-6,13-14,17-19H,4,7-12,15-16H2,1-3H3,(H3,34,35,36,37)/t17-,18+. The van der Waals surface area contributed by atoms with Crippen LogP contribution in [0.5, 0.6) is 5.75 Å². The number of hydrogen-bond donors (Lipinski definition) is 3. The molecule has 6 rings (SSSR count). The summed E-state index contributed by atoms with van der Waals surface area (Å²) in [5.74, 6) is 0.950. The number of nitrogens with zero attached hydrogens (tertiary/aromatic N) is 3. The number of alkyl halides is 3. The van der Waals surface area contributed by atoms with Crippen LogP contribution < -0.4 is 15.4 Å². The van der Waals surface area contributed by atoms with E-state index < -0.39 is 11.7 Å². The van der Waals surface area contributed by atoms with Crippen LogP contribution in [-0.2, 0) is 17.3 Å². The smallest absolute Gasteiger partial charge is 0.418 e. The van der Waals surface area contributed by atoms with Crippen molar-refractivity contribution in [1.29, 1.82) is 0 Å². The molecule has 2 aromatic heterocycles. The number of likely N-dealkylation sites (tertiary alicyclic amines) is 1. The van der Waals surface area contributed by atoms with Gasteiger partial charge in [0.25, 0.3) is 5.91 Å². The fraction of sp³-hybridized carbons (Fsp3) is 0.533. The second-order valence-electron chi connectivity index (χ2n) is 11.4. The van der Waals surface area contributed by atoms with Crippen molar-refractivity contribution in [1.82, 2.24) is 19.8 Å². The van der Waals surface area contributed by atoms with E-state index in [2.05, 4.69) is 39.3 Å². The van der Waals surface area contributed by atoms with Crippen molar-refractivity contribution < 1.29 is 27.4 Å². The average Bonchev–Trinajstić information content (AvgIpc) is 3.61. The van der Waals surface area contributed by atoms with Crippen molar-refractivity contribution >= 4 is 34.1 Å². The number of piperidine rings is 1. The Balaban J connectivity index is 1.20. The predicted molar refractivity (Wildman–Crippen MR) is 155 cm³/mol. The highest BCUT2D eigenvalue weighted by molar-refractivity contribution is 5.98. The van der Waals surface area contributed by atoms with Crippen molar-refractivity contribution in [3.8, 4) is 5.75 Å². The Hall–Kier alpha value is -3.51. The van der Waals surface area contributed by atoms with Gasteiger partial charge in [0.2, 0.25) is 0 Å². The third kappa shape index (κ3) is 5.49. The molecule has 3 N–H and O–H groups in total. The van der Waals surface area contributed by atoms with Gasteiger partial charge in [-0.25, -0.2) is 4.98 Å². The second-order valence-corrected chi connectivity index (χ2v) is 11.4. The normalized spacial score (nSPS) is 21.8. The van der Waals surface area contributed by atoms with Crippen LogP contribution in [0.15, 0.2) is 24.4 Å². The van der Waals surface area contributed by atoms with E-state index in [-0.39, 0.29) is 29.1 Å². The van der Waals surface area contributed by atoms with E-state index in [1.807, 2.05) is 17.9 Å². The van der Waals surface area contributed by atoms with Gasteiger partial charge in [-0.2, -0.15) is 13.2 Å². The molecule has 2 atom stereocenters. The molecule has 0 spiro atoms. The zero-order valence-corrected chi connectivity index (χ0v) is 24.1. The molecule has 0 aliphatic carbocycles. The lowest BCUT2D eigenvalue weighted by Crippen LogP contribution is -2.53. The van der Waals surface area contributed by atoms with E-state index in [0.717, 1.165) is 37.7 Å². The Morgan fingerprint density at radius 3 is 2.57 bits per heavy atom. The van der Waals surface area contributed by atoms with E-state index in [9.17, 15) is 18.0 Å². The summed E-state index contributed by atoms with van der Waals surface area (Å²) >= 11 is 0.